The summed E-state index contributed by atoms with van der Waals surface area (Å²) in [7, 11) is 1.82. The Morgan fingerprint density at radius 3 is 3.07 bits per heavy atom. The number of nitrogens with one attached hydrogen (secondary N) is 1. The molecule has 1 atom stereocenters. The van der Waals surface area contributed by atoms with Gasteiger partial charge in [-0.3, -0.25) is 4.68 Å². The first-order chi connectivity index (χ1) is 7.15. The molecule has 5 nitrogen and oxygen atoms in total. The van der Waals surface area contributed by atoms with Crippen LogP contribution in [-0.4, -0.2) is 27.4 Å². The van der Waals surface area contributed by atoms with E-state index in [1.807, 2.05) is 7.05 Å². The lowest BCUT2D eigenvalue weighted by Crippen LogP contribution is -2.29. The molecule has 0 saturated carbocycles. The van der Waals surface area contributed by atoms with E-state index in [9.17, 15) is 4.79 Å². The maximum atomic E-state index is 11.0. The maximum absolute atomic E-state index is 11.0. The van der Waals surface area contributed by atoms with Crippen LogP contribution in [0.2, 0.25) is 0 Å². The van der Waals surface area contributed by atoms with Gasteiger partial charge in [-0.1, -0.05) is 6.92 Å². The number of aromatic nitrogens is 2. The van der Waals surface area contributed by atoms with Crippen LogP contribution >= 0.6 is 0 Å². The first-order valence-electron chi connectivity index (χ1n) is 5.15. The first-order valence-corrected chi connectivity index (χ1v) is 5.15. The fourth-order valence-electron chi connectivity index (χ4n) is 2.24. The van der Waals surface area contributed by atoms with Crippen LogP contribution in [0.5, 0.6) is 0 Å². The largest absolute Gasteiger partial charge is 0.476 e. The highest BCUT2D eigenvalue weighted by molar-refractivity contribution is 5.87. The molecule has 2 N–H and O–H groups in total. The van der Waals surface area contributed by atoms with Gasteiger partial charge in [0.25, 0.3) is 0 Å². The average molecular weight is 209 g/mol. The Hall–Kier alpha value is -1.36. The number of carboxylic acid groups (broad SMARTS) is 1. The summed E-state index contributed by atoms with van der Waals surface area (Å²) in [5.41, 5.74) is 2.12. The fourth-order valence-corrected chi connectivity index (χ4v) is 2.24. The summed E-state index contributed by atoms with van der Waals surface area (Å²) in [6.07, 6.45) is 0.999. The van der Waals surface area contributed by atoms with Crippen molar-refractivity contribution >= 4 is 5.97 Å². The van der Waals surface area contributed by atoms with Gasteiger partial charge in [-0.15, -0.1) is 0 Å². The number of aromatic carboxylic acids is 1. The summed E-state index contributed by atoms with van der Waals surface area (Å²) in [6.45, 7) is 3.62. The minimum atomic E-state index is -0.939. The molecule has 0 unspecified atom stereocenters. The van der Waals surface area contributed by atoms with Crippen molar-refractivity contribution in [3.8, 4) is 0 Å². The van der Waals surface area contributed by atoms with Gasteiger partial charge in [0.15, 0.2) is 5.69 Å². The Morgan fingerprint density at radius 2 is 2.47 bits per heavy atom. The highest BCUT2D eigenvalue weighted by Crippen LogP contribution is 2.28. The molecular formula is C10H15N3O2. The molecule has 1 aromatic heterocycles. The summed E-state index contributed by atoms with van der Waals surface area (Å²) in [6, 6.07) is 0. The van der Waals surface area contributed by atoms with Gasteiger partial charge in [0, 0.05) is 37.3 Å². The molecule has 15 heavy (non-hydrogen) atoms. The van der Waals surface area contributed by atoms with Crippen molar-refractivity contribution in [2.24, 2.45) is 7.05 Å². The van der Waals surface area contributed by atoms with Gasteiger partial charge in [-0.2, -0.15) is 5.10 Å². The molecule has 1 aliphatic heterocycles. The summed E-state index contributed by atoms with van der Waals surface area (Å²) < 4.78 is 1.72. The standard InChI is InChI=1S/C10H15N3O2/c1-3-6-4-11-5-7-8(10(14)15)12-13(2)9(6)7/h6,11H,3-5H2,1-2H3,(H,14,15)/t6-/m1/s1. The Bertz CT molecular complexity index is 398. The van der Waals surface area contributed by atoms with Crippen molar-refractivity contribution in [3.63, 3.8) is 0 Å². The van der Waals surface area contributed by atoms with Crippen LogP contribution in [0.4, 0.5) is 0 Å². The van der Waals surface area contributed by atoms with Crippen molar-refractivity contribution in [1.82, 2.24) is 15.1 Å². The molecule has 0 radical (unpaired) electrons. The first kappa shape index (κ1) is 10.2. The third-order valence-electron chi connectivity index (χ3n) is 2.97. The van der Waals surface area contributed by atoms with E-state index < -0.39 is 5.97 Å². The van der Waals surface area contributed by atoms with Crippen molar-refractivity contribution < 1.29 is 9.90 Å². The summed E-state index contributed by atoms with van der Waals surface area (Å²) in [5.74, 6) is -0.565. The van der Waals surface area contributed by atoms with E-state index in [0.717, 1.165) is 24.2 Å². The lowest BCUT2D eigenvalue weighted by atomic mass is 9.94. The number of aryl methyl sites for hydroxylation is 1. The quantitative estimate of drug-likeness (QED) is 0.753. The van der Waals surface area contributed by atoms with Gasteiger partial charge < -0.3 is 10.4 Å². The molecule has 0 amide bonds. The number of hydrogen-bond acceptors (Lipinski definition) is 3. The minimum absolute atomic E-state index is 0.193. The molecule has 2 rings (SSSR count). The second kappa shape index (κ2) is 3.66. The maximum Gasteiger partial charge on any atom is 0.356 e. The molecule has 82 valence electrons. The summed E-state index contributed by atoms with van der Waals surface area (Å²) >= 11 is 0. The fraction of sp³-hybridized carbons (Fsp3) is 0.600. The van der Waals surface area contributed by atoms with Gasteiger partial charge in [0.05, 0.1) is 0 Å². The van der Waals surface area contributed by atoms with Crippen LogP contribution in [0.15, 0.2) is 0 Å². The minimum Gasteiger partial charge on any atom is -0.476 e. The van der Waals surface area contributed by atoms with E-state index in [4.69, 9.17) is 5.11 Å². The van der Waals surface area contributed by atoms with Crippen molar-refractivity contribution in [3.05, 3.63) is 17.0 Å². The zero-order valence-electron chi connectivity index (χ0n) is 8.95. The highest BCUT2D eigenvalue weighted by atomic mass is 16.4. The average Bonchev–Trinajstić information content (AvgIpc) is 2.56. The molecule has 0 aliphatic carbocycles. The smallest absolute Gasteiger partial charge is 0.356 e. The lowest BCUT2D eigenvalue weighted by molar-refractivity contribution is 0.0688. The van der Waals surface area contributed by atoms with E-state index in [0.29, 0.717) is 12.5 Å². The molecule has 0 bridgehead atoms. The second-order valence-electron chi connectivity index (χ2n) is 3.88. The monoisotopic (exact) mass is 209 g/mol. The SMILES string of the molecule is CC[C@@H]1CNCc2c(C(=O)O)nn(C)c21. The number of carbonyl (C=O) groups is 1. The van der Waals surface area contributed by atoms with Crippen LogP contribution in [0, 0.1) is 0 Å². The van der Waals surface area contributed by atoms with Crippen molar-refractivity contribution in [1.29, 1.82) is 0 Å². The molecule has 1 aromatic rings. The Morgan fingerprint density at radius 1 is 1.73 bits per heavy atom. The van der Waals surface area contributed by atoms with Crippen molar-refractivity contribution in [2.45, 2.75) is 25.8 Å². The molecule has 0 aromatic carbocycles. The van der Waals surface area contributed by atoms with Crippen LogP contribution in [0.3, 0.4) is 0 Å². The Kier molecular flexibility index (Phi) is 2.48. The molecule has 2 heterocycles. The van der Waals surface area contributed by atoms with Crippen LogP contribution < -0.4 is 5.32 Å². The van der Waals surface area contributed by atoms with Gasteiger partial charge in [0.2, 0.25) is 0 Å². The van der Waals surface area contributed by atoms with Crippen LogP contribution in [0.25, 0.3) is 0 Å². The highest BCUT2D eigenvalue weighted by Gasteiger charge is 2.28. The number of nitrogens with zero attached hydrogens (tertiary/aromatic N) is 2. The van der Waals surface area contributed by atoms with Gasteiger partial charge in [-0.25, -0.2) is 4.79 Å². The molecule has 1 aliphatic rings. The van der Waals surface area contributed by atoms with Gasteiger partial charge >= 0.3 is 5.97 Å². The number of fused-ring (bicyclic) bond motifs is 1. The number of hydrogen-bond donors (Lipinski definition) is 2. The predicted molar refractivity (Wildman–Crippen MR) is 54.9 cm³/mol. The van der Waals surface area contributed by atoms with Gasteiger partial charge in [0.1, 0.15) is 0 Å². The Labute approximate surface area is 88.1 Å². The zero-order valence-corrected chi connectivity index (χ0v) is 8.95. The second-order valence-corrected chi connectivity index (χ2v) is 3.88. The predicted octanol–water partition coefficient (Wildman–Crippen LogP) is 0.715. The van der Waals surface area contributed by atoms with E-state index in [1.165, 1.54) is 0 Å². The zero-order chi connectivity index (χ0) is 11.0. The molecular weight excluding hydrogens is 194 g/mol. The van der Waals surface area contributed by atoms with E-state index in [-0.39, 0.29) is 5.69 Å². The third-order valence-corrected chi connectivity index (χ3v) is 2.97. The van der Waals surface area contributed by atoms with Crippen molar-refractivity contribution in [2.75, 3.05) is 6.54 Å². The topological polar surface area (TPSA) is 67.2 Å². The van der Waals surface area contributed by atoms with Crippen LogP contribution in [0.1, 0.15) is 41.0 Å². The molecule has 5 heteroatoms. The number of rotatable bonds is 2. The van der Waals surface area contributed by atoms with Crippen LogP contribution in [-0.2, 0) is 13.6 Å². The Balaban J connectivity index is 2.53. The third kappa shape index (κ3) is 1.52. The van der Waals surface area contributed by atoms with E-state index in [1.54, 1.807) is 4.68 Å². The summed E-state index contributed by atoms with van der Waals surface area (Å²) in [4.78, 5) is 11.0. The van der Waals surface area contributed by atoms with E-state index in [2.05, 4.69) is 17.3 Å². The van der Waals surface area contributed by atoms with E-state index >= 15 is 0 Å². The molecule has 0 spiro atoms. The summed E-state index contributed by atoms with van der Waals surface area (Å²) in [5, 5.41) is 16.3. The normalized spacial score (nSPS) is 20.0. The lowest BCUT2D eigenvalue weighted by Gasteiger charge is -2.23. The molecule has 0 fully saturated rings. The van der Waals surface area contributed by atoms with Gasteiger partial charge in [-0.05, 0) is 6.42 Å². The molecule has 0 saturated heterocycles. The number of carboxylic acids is 1.